The summed E-state index contributed by atoms with van der Waals surface area (Å²) in [7, 11) is 3.82. The molecule has 39 heavy (non-hydrogen) atoms. The molecule has 9 heteroatoms. The molecule has 1 aliphatic carbocycles. The monoisotopic (exact) mass is 534 g/mol. The number of ether oxygens (including phenoxy) is 2. The summed E-state index contributed by atoms with van der Waals surface area (Å²) in [6.07, 6.45) is 8.55. The van der Waals surface area contributed by atoms with Gasteiger partial charge in [0.25, 0.3) is 0 Å². The number of imidazole rings is 1. The quantitative estimate of drug-likeness (QED) is 0.418. The molecule has 5 rings (SSSR count). The number of rotatable bonds is 8. The highest BCUT2D eigenvalue weighted by Crippen LogP contribution is 2.40. The van der Waals surface area contributed by atoms with E-state index in [9.17, 15) is 4.79 Å². The minimum Gasteiger partial charge on any atom is -0.495 e. The van der Waals surface area contributed by atoms with Gasteiger partial charge >= 0.3 is 6.09 Å². The van der Waals surface area contributed by atoms with Gasteiger partial charge in [0.2, 0.25) is 0 Å². The Bertz CT molecular complexity index is 1300. The lowest BCUT2D eigenvalue weighted by molar-refractivity contribution is 0.113. The van der Waals surface area contributed by atoms with Gasteiger partial charge in [-0.1, -0.05) is 19.4 Å². The van der Waals surface area contributed by atoms with Crippen LogP contribution < -0.4 is 10.1 Å². The Hall–Kier alpha value is -3.17. The lowest BCUT2D eigenvalue weighted by atomic mass is 10.1. The molecule has 1 aliphatic heterocycles. The number of carbonyl (C=O) groups excluding carboxylic acids is 1. The summed E-state index contributed by atoms with van der Waals surface area (Å²) in [5.74, 6) is 2.07. The Morgan fingerprint density at radius 1 is 1.21 bits per heavy atom. The maximum atomic E-state index is 12.4. The molecule has 9 nitrogen and oxygen atoms in total. The summed E-state index contributed by atoms with van der Waals surface area (Å²) >= 11 is 0. The van der Waals surface area contributed by atoms with Crippen LogP contribution in [0.25, 0.3) is 16.8 Å². The molecular weight excluding hydrogens is 492 g/mol. The molecule has 2 unspecified atom stereocenters. The van der Waals surface area contributed by atoms with Gasteiger partial charge in [0.05, 0.1) is 29.7 Å². The van der Waals surface area contributed by atoms with E-state index in [-0.39, 0.29) is 6.10 Å². The van der Waals surface area contributed by atoms with E-state index in [4.69, 9.17) is 14.5 Å². The van der Waals surface area contributed by atoms with Crippen LogP contribution >= 0.6 is 0 Å². The van der Waals surface area contributed by atoms with E-state index < -0.39 is 6.09 Å². The molecule has 210 valence electrons. The number of anilines is 1. The zero-order chi connectivity index (χ0) is 27.5. The van der Waals surface area contributed by atoms with E-state index in [1.165, 1.54) is 6.42 Å². The molecule has 1 amide bonds. The third kappa shape index (κ3) is 5.89. The fraction of sp³-hybridized carbons (Fsp3) is 0.567. The second kappa shape index (κ2) is 11.9. The highest BCUT2D eigenvalue weighted by molar-refractivity contribution is 5.89. The maximum Gasteiger partial charge on any atom is 0.412 e. The summed E-state index contributed by atoms with van der Waals surface area (Å²) in [5.41, 5.74) is 4.35. The number of fused-ring (bicyclic) bond motifs is 1. The summed E-state index contributed by atoms with van der Waals surface area (Å²) in [4.78, 5) is 27.4. The van der Waals surface area contributed by atoms with E-state index in [1.54, 1.807) is 7.11 Å². The molecule has 0 bridgehead atoms. The maximum absolute atomic E-state index is 12.4. The molecule has 3 heterocycles. The molecule has 3 atom stereocenters. The number of likely N-dealkylation sites (N-methyl/N-ethyl adjacent to an activating group) is 1. The van der Waals surface area contributed by atoms with Crippen molar-refractivity contribution in [1.29, 1.82) is 0 Å². The first-order valence-electron chi connectivity index (χ1n) is 14.3. The summed E-state index contributed by atoms with van der Waals surface area (Å²) < 4.78 is 13.4. The number of nitrogens with one attached hydrogen (secondary N) is 1. The highest BCUT2D eigenvalue weighted by atomic mass is 16.6. The van der Waals surface area contributed by atoms with Gasteiger partial charge in [-0.05, 0) is 58.7 Å². The summed E-state index contributed by atoms with van der Waals surface area (Å²) in [6.45, 7) is 10.6. The number of carbonyl (C=O) groups is 1. The van der Waals surface area contributed by atoms with Gasteiger partial charge in [0.1, 0.15) is 17.7 Å². The van der Waals surface area contributed by atoms with Crippen molar-refractivity contribution in [3.05, 3.63) is 42.1 Å². The first-order valence-corrected chi connectivity index (χ1v) is 14.3. The van der Waals surface area contributed by atoms with Crippen LogP contribution in [0, 0.1) is 6.92 Å². The van der Waals surface area contributed by atoms with E-state index in [2.05, 4.69) is 38.5 Å². The van der Waals surface area contributed by atoms with Crippen LogP contribution in [0.4, 0.5) is 10.5 Å². The van der Waals surface area contributed by atoms with E-state index in [0.717, 1.165) is 80.2 Å². The third-order valence-corrected chi connectivity index (χ3v) is 8.30. The molecule has 1 saturated carbocycles. The highest BCUT2D eigenvalue weighted by Gasteiger charge is 2.34. The van der Waals surface area contributed by atoms with E-state index in [1.807, 2.05) is 44.4 Å². The standard InChI is InChI=1S/C30H42N6O3/c1-6-7-20(2)39-30(37)32-25-11-9-22(19-26(25)38-5)27-28-21(3)31-12-13-36(28)29(33-27)23-8-10-24(18-23)35-16-14-34(4)15-17-35/h9,11-13,19-20,23-24H,6-8,10,14-18H2,1-5H3,(H,32,37)/t20?,23?,24-/m0/s1. The zero-order valence-electron chi connectivity index (χ0n) is 23.9. The van der Waals surface area contributed by atoms with Gasteiger partial charge in [0, 0.05) is 56.1 Å². The zero-order valence-corrected chi connectivity index (χ0v) is 23.9. The molecule has 3 aromatic rings. The number of nitrogens with zero attached hydrogens (tertiary/aromatic N) is 5. The van der Waals surface area contributed by atoms with Gasteiger partial charge in [-0.15, -0.1) is 0 Å². The average molecular weight is 535 g/mol. The Morgan fingerprint density at radius 3 is 2.74 bits per heavy atom. The Morgan fingerprint density at radius 2 is 2.00 bits per heavy atom. The Balaban J connectivity index is 1.41. The van der Waals surface area contributed by atoms with Crippen LogP contribution in [0.1, 0.15) is 63.4 Å². The van der Waals surface area contributed by atoms with Gasteiger partial charge in [-0.25, -0.2) is 9.78 Å². The number of aromatic nitrogens is 3. The van der Waals surface area contributed by atoms with Crippen LogP contribution in [0.15, 0.2) is 30.6 Å². The fourth-order valence-electron chi connectivity index (χ4n) is 6.15. The summed E-state index contributed by atoms with van der Waals surface area (Å²) in [6, 6.07) is 6.39. The molecule has 2 aliphatic rings. The second-order valence-corrected chi connectivity index (χ2v) is 11.1. The number of amides is 1. The van der Waals surface area contributed by atoms with E-state index >= 15 is 0 Å². The lowest BCUT2D eigenvalue weighted by Crippen LogP contribution is -2.48. The normalized spacial score (nSPS) is 21.3. The average Bonchev–Trinajstić information content (AvgIpc) is 3.55. The first-order chi connectivity index (χ1) is 18.9. The molecule has 1 saturated heterocycles. The third-order valence-electron chi connectivity index (χ3n) is 8.30. The molecule has 2 aromatic heterocycles. The van der Waals surface area contributed by atoms with Gasteiger partial charge in [-0.2, -0.15) is 0 Å². The SMILES string of the molecule is CCCC(C)OC(=O)Nc1ccc(-c2nc(C3CC[C@H](N4CCN(C)CC4)C3)n3ccnc(C)c23)cc1OC. The number of piperazine rings is 1. The number of hydrogen-bond acceptors (Lipinski definition) is 7. The van der Waals surface area contributed by atoms with Crippen LogP contribution in [-0.2, 0) is 4.74 Å². The van der Waals surface area contributed by atoms with Crippen LogP contribution in [0.2, 0.25) is 0 Å². The van der Waals surface area contributed by atoms with Crippen molar-refractivity contribution in [3.8, 4) is 17.0 Å². The van der Waals surface area contributed by atoms with Crippen molar-refractivity contribution in [2.75, 3.05) is 45.7 Å². The Kier molecular flexibility index (Phi) is 8.37. The van der Waals surface area contributed by atoms with Crippen molar-refractivity contribution in [2.24, 2.45) is 0 Å². The molecule has 2 fully saturated rings. The van der Waals surface area contributed by atoms with Crippen LogP contribution in [0.5, 0.6) is 5.75 Å². The van der Waals surface area contributed by atoms with Crippen molar-refractivity contribution >= 4 is 17.3 Å². The summed E-state index contributed by atoms with van der Waals surface area (Å²) in [5, 5.41) is 2.83. The van der Waals surface area contributed by atoms with Crippen molar-refractivity contribution in [3.63, 3.8) is 0 Å². The van der Waals surface area contributed by atoms with Crippen molar-refractivity contribution in [1.82, 2.24) is 24.2 Å². The van der Waals surface area contributed by atoms with Crippen molar-refractivity contribution < 1.29 is 14.3 Å². The molecule has 1 N–H and O–H groups in total. The Labute approximate surface area is 231 Å². The largest absolute Gasteiger partial charge is 0.495 e. The number of methoxy groups -OCH3 is 1. The minimum absolute atomic E-state index is 0.141. The first kappa shape index (κ1) is 27.4. The predicted octanol–water partition coefficient (Wildman–Crippen LogP) is 5.33. The number of benzene rings is 1. The smallest absolute Gasteiger partial charge is 0.412 e. The van der Waals surface area contributed by atoms with Crippen molar-refractivity contribution in [2.45, 2.75) is 70.9 Å². The number of aryl methyl sites for hydroxylation is 1. The topological polar surface area (TPSA) is 84.2 Å². The predicted molar refractivity (Wildman–Crippen MR) is 154 cm³/mol. The van der Waals surface area contributed by atoms with Gasteiger partial charge in [-0.3, -0.25) is 19.6 Å². The second-order valence-electron chi connectivity index (χ2n) is 11.1. The number of hydrogen-bond donors (Lipinski definition) is 1. The lowest BCUT2D eigenvalue weighted by Gasteiger charge is -2.36. The molecule has 0 radical (unpaired) electrons. The molecule has 1 aromatic carbocycles. The van der Waals surface area contributed by atoms with Crippen LogP contribution in [0.3, 0.4) is 0 Å². The van der Waals surface area contributed by atoms with Gasteiger partial charge in [0.15, 0.2) is 0 Å². The molecular formula is C30H42N6O3. The van der Waals surface area contributed by atoms with Gasteiger partial charge < -0.3 is 14.4 Å². The van der Waals surface area contributed by atoms with Crippen LogP contribution in [-0.4, -0.2) is 82.7 Å². The fourth-order valence-corrected chi connectivity index (χ4v) is 6.15. The van der Waals surface area contributed by atoms with E-state index in [0.29, 0.717) is 23.4 Å². The molecule has 0 spiro atoms. The minimum atomic E-state index is -0.479.